The monoisotopic (exact) mass is 377 g/mol. The Morgan fingerprint density at radius 2 is 2.09 bits per heavy atom. The summed E-state index contributed by atoms with van der Waals surface area (Å²) in [5, 5.41) is 11.4. The van der Waals surface area contributed by atoms with Crippen LogP contribution < -0.4 is 5.56 Å². The second kappa shape index (κ2) is 5.88. The lowest BCUT2D eigenvalue weighted by Crippen LogP contribution is -2.22. The minimum Gasteiger partial charge on any atom is -0.294 e. The van der Waals surface area contributed by atoms with Gasteiger partial charge in [-0.15, -0.1) is 0 Å². The third-order valence-corrected chi connectivity index (χ3v) is 3.90. The number of rotatable bonds is 3. The van der Waals surface area contributed by atoms with Crippen LogP contribution in [0.25, 0.3) is 10.9 Å². The number of aromatic nitrogens is 2. The van der Waals surface area contributed by atoms with E-state index in [1.54, 1.807) is 18.2 Å². The van der Waals surface area contributed by atoms with Crippen LogP contribution in [0, 0.1) is 15.9 Å². The van der Waals surface area contributed by atoms with Crippen molar-refractivity contribution in [2.75, 3.05) is 0 Å². The molecule has 116 valence electrons. The number of nitro groups is 1. The van der Waals surface area contributed by atoms with Gasteiger partial charge in [0, 0.05) is 10.5 Å². The van der Waals surface area contributed by atoms with Crippen LogP contribution in [-0.2, 0) is 6.54 Å². The molecule has 0 aliphatic carbocycles. The first-order chi connectivity index (χ1) is 11.0. The first-order valence-corrected chi connectivity index (χ1v) is 7.33. The molecular formula is C15H9BrFN3O3. The Hall–Kier alpha value is -2.61. The number of nitrogens with zero attached hydrogens (tertiary/aromatic N) is 3. The first-order valence-electron chi connectivity index (χ1n) is 6.54. The molecule has 0 spiro atoms. The fraction of sp³-hybridized carbons (Fsp3) is 0.0667. The minimum absolute atomic E-state index is 0.157. The number of hydrogen-bond acceptors (Lipinski definition) is 4. The van der Waals surface area contributed by atoms with E-state index in [1.807, 2.05) is 0 Å². The highest BCUT2D eigenvalue weighted by molar-refractivity contribution is 9.10. The van der Waals surface area contributed by atoms with Gasteiger partial charge < -0.3 is 0 Å². The zero-order valence-electron chi connectivity index (χ0n) is 11.6. The Kier molecular flexibility index (Phi) is 3.91. The highest BCUT2D eigenvalue weighted by atomic mass is 79.9. The normalized spacial score (nSPS) is 10.9. The van der Waals surface area contributed by atoms with E-state index in [-0.39, 0.29) is 17.8 Å². The molecule has 23 heavy (non-hydrogen) atoms. The van der Waals surface area contributed by atoms with Crippen molar-refractivity contribution in [3.63, 3.8) is 0 Å². The largest absolute Gasteiger partial charge is 0.294 e. The van der Waals surface area contributed by atoms with Crippen LogP contribution in [0.2, 0.25) is 0 Å². The molecule has 8 heteroatoms. The Morgan fingerprint density at radius 1 is 1.30 bits per heavy atom. The molecule has 0 radical (unpaired) electrons. The van der Waals surface area contributed by atoms with Gasteiger partial charge in [-0.3, -0.25) is 19.5 Å². The third-order valence-electron chi connectivity index (χ3n) is 3.41. The summed E-state index contributed by atoms with van der Waals surface area (Å²) in [6, 6.07) is 8.62. The molecule has 0 unspecified atom stereocenters. The van der Waals surface area contributed by atoms with Crippen molar-refractivity contribution in [3.8, 4) is 0 Å². The van der Waals surface area contributed by atoms with E-state index in [2.05, 4.69) is 20.9 Å². The van der Waals surface area contributed by atoms with Crippen molar-refractivity contribution in [3.05, 3.63) is 79.0 Å². The van der Waals surface area contributed by atoms with Gasteiger partial charge in [-0.1, -0.05) is 22.0 Å². The lowest BCUT2D eigenvalue weighted by Gasteiger charge is -2.08. The zero-order chi connectivity index (χ0) is 16.6. The van der Waals surface area contributed by atoms with E-state index in [0.717, 1.165) is 10.6 Å². The topological polar surface area (TPSA) is 78.0 Å². The molecule has 0 aliphatic heterocycles. The van der Waals surface area contributed by atoms with E-state index < -0.39 is 16.3 Å². The lowest BCUT2D eigenvalue weighted by atomic mass is 10.1. The fourth-order valence-corrected chi connectivity index (χ4v) is 2.65. The van der Waals surface area contributed by atoms with E-state index in [9.17, 15) is 19.3 Å². The van der Waals surface area contributed by atoms with Gasteiger partial charge in [0.15, 0.2) is 0 Å². The molecule has 0 amide bonds. The Morgan fingerprint density at radius 3 is 2.83 bits per heavy atom. The predicted molar refractivity (Wildman–Crippen MR) is 85.9 cm³/mol. The fourth-order valence-electron chi connectivity index (χ4n) is 2.29. The second-order valence-corrected chi connectivity index (χ2v) is 5.75. The van der Waals surface area contributed by atoms with Crippen LogP contribution in [-0.4, -0.2) is 14.5 Å². The summed E-state index contributed by atoms with van der Waals surface area (Å²) in [5.74, 6) is -0.736. The molecule has 1 heterocycles. The molecule has 0 bridgehead atoms. The maximum atomic E-state index is 14.0. The van der Waals surface area contributed by atoms with E-state index in [1.165, 1.54) is 18.5 Å². The average Bonchev–Trinajstić information content (AvgIpc) is 2.52. The molecule has 1 aromatic heterocycles. The van der Waals surface area contributed by atoms with Crippen LogP contribution in [0.15, 0.2) is 52.0 Å². The van der Waals surface area contributed by atoms with E-state index in [4.69, 9.17) is 0 Å². The predicted octanol–water partition coefficient (Wildman–Crippen LogP) is 3.25. The quantitative estimate of drug-likeness (QED) is 0.518. The smallest absolute Gasteiger partial charge is 0.277 e. The SMILES string of the molecule is O=c1c2cc(Br)ccc2ncn1Cc1c(F)cccc1[N+](=O)[O-]. The summed E-state index contributed by atoms with van der Waals surface area (Å²) in [6.45, 7) is -0.267. The number of hydrogen-bond donors (Lipinski definition) is 0. The molecular weight excluding hydrogens is 369 g/mol. The van der Waals surface area contributed by atoms with E-state index in [0.29, 0.717) is 15.4 Å². The van der Waals surface area contributed by atoms with Crippen LogP contribution in [0.4, 0.5) is 10.1 Å². The molecule has 0 fully saturated rings. The van der Waals surface area contributed by atoms with Gasteiger partial charge in [-0.2, -0.15) is 0 Å². The summed E-state index contributed by atoms with van der Waals surface area (Å²) in [4.78, 5) is 27.0. The Bertz CT molecular complexity index is 987. The lowest BCUT2D eigenvalue weighted by molar-refractivity contribution is -0.385. The minimum atomic E-state index is -0.736. The maximum absolute atomic E-state index is 14.0. The summed E-state index contributed by atoms with van der Waals surface area (Å²) in [6.07, 6.45) is 1.26. The molecule has 6 nitrogen and oxygen atoms in total. The van der Waals surface area contributed by atoms with Crippen molar-refractivity contribution in [2.24, 2.45) is 0 Å². The van der Waals surface area contributed by atoms with Crippen molar-refractivity contribution in [1.29, 1.82) is 0 Å². The molecule has 0 aliphatic rings. The molecule has 0 saturated carbocycles. The summed E-state index contributed by atoms with van der Waals surface area (Å²) in [5.41, 5.74) is -0.423. The van der Waals surface area contributed by atoms with Crippen LogP contribution in [0.5, 0.6) is 0 Å². The molecule has 0 atom stereocenters. The van der Waals surface area contributed by atoms with Gasteiger partial charge >= 0.3 is 0 Å². The van der Waals surface area contributed by atoms with Crippen LogP contribution in [0.1, 0.15) is 5.56 Å². The molecule has 0 N–H and O–H groups in total. The molecule has 3 rings (SSSR count). The standard InChI is InChI=1S/C15H9BrFN3O3/c16-9-4-5-13-10(6-9)15(21)19(8-18-13)7-11-12(17)2-1-3-14(11)20(22)23/h1-6,8H,7H2. The zero-order valence-corrected chi connectivity index (χ0v) is 13.2. The van der Waals surface area contributed by atoms with Gasteiger partial charge in [-0.25, -0.2) is 9.37 Å². The number of nitro benzene ring substituents is 1. The van der Waals surface area contributed by atoms with Crippen LogP contribution >= 0.6 is 15.9 Å². The molecule has 0 saturated heterocycles. The maximum Gasteiger partial charge on any atom is 0.277 e. The van der Waals surface area contributed by atoms with Gasteiger partial charge in [0.25, 0.3) is 11.2 Å². The highest BCUT2D eigenvalue weighted by Crippen LogP contribution is 2.22. The average molecular weight is 378 g/mol. The summed E-state index contributed by atoms with van der Waals surface area (Å²) < 4.78 is 15.8. The molecule has 2 aromatic carbocycles. The van der Waals surface area contributed by atoms with Gasteiger partial charge in [0.05, 0.1) is 34.3 Å². The van der Waals surface area contributed by atoms with Crippen molar-refractivity contribution in [1.82, 2.24) is 9.55 Å². The van der Waals surface area contributed by atoms with E-state index >= 15 is 0 Å². The van der Waals surface area contributed by atoms with Crippen LogP contribution in [0.3, 0.4) is 0 Å². The van der Waals surface area contributed by atoms with Crippen molar-refractivity contribution in [2.45, 2.75) is 6.54 Å². The van der Waals surface area contributed by atoms with Crippen molar-refractivity contribution < 1.29 is 9.31 Å². The highest BCUT2D eigenvalue weighted by Gasteiger charge is 2.19. The Labute approximate surface area is 137 Å². The van der Waals surface area contributed by atoms with Crippen molar-refractivity contribution >= 4 is 32.5 Å². The summed E-state index contributed by atoms with van der Waals surface area (Å²) >= 11 is 3.28. The second-order valence-electron chi connectivity index (χ2n) is 4.83. The first kappa shape index (κ1) is 15.3. The number of benzene rings is 2. The number of halogens is 2. The van der Waals surface area contributed by atoms with Gasteiger partial charge in [0.1, 0.15) is 5.82 Å². The number of fused-ring (bicyclic) bond motifs is 1. The third kappa shape index (κ3) is 2.85. The summed E-state index contributed by atoms with van der Waals surface area (Å²) in [7, 11) is 0. The Balaban J connectivity index is 2.15. The molecule has 3 aromatic rings. The van der Waals surface area contributed by atoms with Gasteiger partial charge in [0.2, 0.25) is 0 Å². The van der Waals surface area contributed by atoms with Gasteiger partial charge in [-0.05, 0) is 24.3 Å².